The molecule has 0 bridgehead atoms. The molecule has 0 spiro atoms. The van der Waals surface area contributed by atoms with E-state index in [0.717, 1.165) is 5.56 Å². The van der Waals surface area contributed by atoms with Gasteiger partial charge in [0.25, 0.3) is 11.5 Å². The van der Waals surface area contributed by atoms with E-state index in [9.17, 15) is 9.59 Å². The number of amides is 1. The van der Waals surface area contributed by atoms with Gasteiger partial charge in [0, 0.05) is 16.8 Å². The first-order chi connectivity index (χ1) is 13.6. The predicted octanol–water partition coefficient (Wildman–Crippen LogP) is 3.32. The zero-order chi connectivity index (χ0) is 19.9. The molecule has 0 aliphatic carbocycles. The van der Waals surface area contributed by atoms with Crippen molar-refractivity contribution in [2.45, 2.75) is 6.54 Å². The molecule has 0 aliphatic rings. The van der Waals surface area contributed by atoms with Crippen molar-refractivity contribution in [3.8, 4) is 5.75 Å². The maximum atomic E-state index is 12.6. The lowest BCUT2D eigenvalue weighted by atomic mass is 10.2. The Bertz CT molecular complexity index is 1060. The number of nitrogens with one attached hydrogen (secondary N) is 1. The summed E-state index contributed by atoms with van der Waals surface area (Å²) in [6, 6.07) is 17.5. The van der Waals surface area contributed by atoms with Crippen LogP contribution in [-0.2, 0) is 6.54 Å². The number of carbonyl (C=O) groups excluding carboxylic acids is 1. The van der Waals surface area contributed by atoms with Crippen LogP contribution >= 0.6 is 11.6 Å². The number of methoxy groups -OCH3 is 1. The number of pyridine rings is 1. The maximum absolute atomic E-state index is 12.6. The first-order valence-corrected chi connectivity index (χ1v) is 8.86. The second-order valence-electron chi connectivity index (χ2n) is 5.92. The highest BCUT2D eigenvalue weighted by molar-refractivity contribution is 6.30. The summed E-state index contributed by atoms with van der Waals surface area (Å²) in [5.41, 5.74) is 3.60. The Morgan fingerprint density at radius 2 is 1.89 bits per heavy atom. The molecule has 28 heavy (non-hydrogen) atoms. The van der Waals surface area contributed by atoms with E-state index in [4.69, 9.17) is 16.3 Å². The van der Waals surface area contributed by atoms with Crippen molar-refractivity contribution in [3.05, 3.63) is 98.9 Å². The molecular weight excluding hydrogens is 378 g/mol. The summed E-state index contributed by atoms with van der Waals surface area (Å²) < 4.78 is 6.68. The maximum Gasteiger partial charge on any atom is 0.276 e. The second kappa shape index (κ2) is 9.01. The normalized spacial score (nSPS) is 10.8. The van der Waals surface area contributed by atoms with Crippen molar-refractivity contribution in [3.63, 3.8) is 0 Å². The lowest BCUT2D eigenvalue weighted by molar-refractivity contribution is 0.0953. The molecule has 0 fully saturated rings. The van der Waals surface area contributed by atoms with Crippen LogP contribution in [0.15, 0.2) is 76.8 Å². The molecule has 0 atom stereocenters. The summed E-state index contributed by atoms with van der Waals surface area (Å²) in [5.74, 6) is 0.0483. The van der Waals surface area contributed by atoms with Crippen LogP contribution in [0, 0.1) is 0 Å². The third-order valence-electron chi connectivity index (χ3n) is 4.04. The summed E-state index contributed by atoms with van der Waals surface area (Å²) >= 11 is 5.88. The molecule has 6 nitrogen and oxygen atoms in total. The van der Waals surface area contributed by atoms with Crippen LogP contribution in [0.2, 0.25) is 5.02 Å². The SMILES string of the molecule is COc1ccccc1/C=N\NC(=O)c1cccn(Cc2ccc(Cl)cc2)c1=O. The number of para-hydroxylation sites is 1. The number of hydrazone groups is 1. The van der Waals surface area contributed by atoms with Gasteiger partial charge in [-0.25, -0.2) is 5.43 Å². The van der Waals surface area contributed by atoms with Crippen LogP contribution in [0.3, 0.4) is 0 Å². The average molecular weight is 396 g/mol. The zero-order valence-electron chi connectivity index (χ0n) is 15.1. The smallest absolute Gasteiger partial charge is 0.276 e. The topological polar surface area (TPSA) is 72.7 Å². The summed E-state index contributed by atoms with van der Waals surface area (Å²) in [5, 5.41) is 4.55. The molecular formula is C21H18ClN3O3. The molecule has 142 valence electrons. The molecule has 0 saturated heterocycles. The Balaban J connectivity index is 1.74. The number of hydrogen-bond donors (Lipinski definition) is 1. The molecule has 0 saturated carbocycles. The number of aromatic nitrogens is 1. The monoisotopic (exact) mass is 395 g/mol. The Labute approximate surface area is 167 Å². The van der Waals surface area contributed by atoms with Gasteiger partial charge in [0.05, 0.1) is 19.9 Å². The van der Waals surface area contributed by atoms with Gasteiger partial charge < -0.3 is 9.30 Å². The van der Waals surface area contributed by atoms with Gasteiger partial charge in [0.15, 0.2) is 0 Å². The lowest BCUT2D eigenvalue weighted by Crippen LogP contribution is -2.30. The van der Waals surface area contributed by atoms with E-state index in [1.54, 1.807) is 43.6 Å². The molecule has 1 amide bonds. The molecule has 3 rings (SSSR count). The number of benzene rings is 2. The molecule has 7 heteroatoms. The summed E-state index contributed by atoms with van der Waals surface area (Å²) in [7, 11) is 1.55. The van der Waals surface area contributed by atoms with Crippen LogP contribution in [0.4, 0.5) is 0 Å². The van der Waals surface area contributed by atoms with Crippen LogP contribution in [0.5, 0.6) is 5.75 Å². The van der Waals surface area contributed by atoms with Gasteiger partial charge in [0.1, 0.15) is 11.3 Å². The van der Waals surface area contributed by atoms with Gasteiger partial charge in [-0.2, -0.15) is 5.10 Å². The number of carbonyl (C=O) groups is 1. The van der Waals surface area contributed by atoms with Gasteiger partial charge in [-0.15, -0.1) is 0 Å². The fourth-order valence-corrected chi connectivity index (χ4v) is 2.74. The molecule has 1 N–H and O–H groups in total. The quantitative estimate of drug-likeness (QED) is 0.514. The number of hydrogen-bond acceptors (Lipinski definition) is 4. The molecule has 1 heterocycles. The van der Waals surface area contributed by atoms with E-state index in [-0.39, 0.29) is 5.56 Å². The van der Waals surface area contributed by atoms with Crippen molar-refractivity contribution in [2.75, 3.05) is 7.11 Å². The molecule has 2 aromatic carbocycles. The van der Waals surface area contributed by atoms with Crippen molar-refractivity contribution in [2.24, 2.45) is 5.10 Å². The third kappa shape index (κ3) is 4.66. The molecule has 0 unspecified atom stereocenters. The lowest BCUT2D eigenvalue weighted by Gasteiger charge is -2.08. The Hall–Kier alpha value is -3.38. The van der Waals surface area contributed by atoms with Gasteiger partial charge in [0.2, 0.25) is 0 Å². The summed E-state index contributed by atoms with van der Waals surface area (Å²) in [6.07, 6.45) is 3.09. The Morgan fingerprint density at radius 1 is 1.14 bits per heavy atom. The fraction of sp³-hybridized carbons (Fsp3) is 0.0952. The zero-order valence-corrected chi connectivity index (χ0v) is 15.9. The minimum atomic E-state index is -0.582. The minimum absolute atomic E-state index is 0.00800. The van der Waals surface area contributed by atoms with Gasteiger partial charge in [-0.3, -0.25) is 9.59 Å². The molecule has 0 radical (unpaired) electrons. The van der Waals surface area contributed by atoms with E-state index in [1.165, 1.54) is 16.8 Å². The first kappa shape index (κ1) is 19.4. The summed E-state index contributed by atoms with van der Waals surface area (Å²) in [4.78, 5) is 25.0. The predicted molar refractivity (Wildman–Crippen MR) is 109 cm³/mol. The highest BCUT2D eigenvalue weighted by Crippen LogP contribution is 2.14. The minimum Gasteiger partial charge on any atom is -0.496 e. The van der Waals surface area contributed by atoms with Crippen LogP contribution in [0.1, 0.15) is 21.5 Å². The van der Waals surface area contributed by atoms with Gasteiger partial charge in [-0.1, -0.05) is 35.9 Å². The number of nitrogens with zero attached hydrogens (tertiary/aromatic N) is 2. The Kier molecular flexibility index (Phi) is 6.24. The molecule has 1 aromatic heterocycles. The highest BCUT2D eigenvalue weighted by atomic mass is 35.5. The summed E-state index contributed by atoms with van der Waals surface area (Å²) in [6.45, 7) is 0.335. The van der Waals surface area contributed by atoms with Crippen molar-refractivity contribution >= 4 is 23.7 Å². The van der Waals surface area contributed by atoms with E-state index in [2.05, 4.69) is 10.5 Å². The van der Waals surface area contributed by atoms with Crippen LogP contribution < -0.4 is 15.7 Å². The van der Waals surface area contributed by atoms with Crippen molar-refractivity contribution in [1.29, 1.82) is 0 Å². The highest BCUT2D eigenvalue weighted by Gasteiger charge is 2.11. The molecule has 0 aliphatic heterocycles. The van der Waals surface area contributed by atoms with E-state index in [1.807, 2.05) is 24.3 Å². The number of rotatable bonds is 6. The average Bonchev–Trinajstić information content (AvgIpc) is 2.71. The third-order valence-corrected chi connectivity index (χ3v) is 4.29. The van der Waals surface area contributed by atoms with Crippen molar-refractivity contribution in [1.82, 2.24) is 9.99 Å². The number of halogens is 1. The van der Waals surface area contributed by atoms with Gasteiger partial charge in [-0.05, 0) is 42.0 Å². The molecule has 3 aromatic rings. The largest absolute Gasteiger partial charge is 0.496 e. The van der Waals surface area contributed by atoms with Gasteiger partial charge >= 0.3 is 0 Å². The Morgan fingerprint density at radius 3 is 2.64 bits per heavy atom. The number of ether oxygens (including phenoxy) is 1. The van der Waals surface area contributed by atoms with Crippen molar-refractivity contribution < 1.29 is 9.53 Å². The van der Waals surface area contributed by atoms with E-state index < -0.39 is 11.5 Å². The first-order valence-electron chi connectivity index (χ1n) is 8.49. The second-order valence-corrected chi connectivity index (χ2v) is 6.36. The van der Waals surface area contributed by atoms with Crippen LogP contribution in [-0.4, -0.2) is 23.8 Å². The van der Waals surface area contributed by atoms with E-state index in [0.29, 0.717) is 22.9 Å². The van der Waals surface area contributed by atoms with Crippen LogP contribution in [0.25, 0.3) is 0 Å². The fourth-order valence-electron chi connectivity index (χ4n) is 2.61. The van der Waals surface area contributed by atoms with E-state index >= 15 is 0 Å². The standard InChI is InChI=1S/C21H18ClN3O3/c1-28-19-7-3-2-5-16(19)13-23-24-20(26)18-6-4-12-25(21(18)27)14-15-8-10-17(22)11-9-15/h2-13H,14H2,1H3,(H,24,26)/b23-13-.